The maximum Gasteiger partial charge on any atom is 0.0713 e. The van der Waals surface area contributed by atoms with Gasteiger partial charge in [-0.25, -0.2) is 0 Å². The first-order chi connectivity index (χ1) is 30.2. The van der Waals surface area contributed by atoms with Gasteiger partial charge in [-0.3, -0.25) is 0 Å². The molecule has 0 aromatic heterocycles. The van der Waals surface area contributed by atoms with Gasteiger partial charge in [0.2, 0.25) is 0 Å². The SMILES string of the molecule is c1ccc(-c2cccc3cccc(-c4ccc(N(c5ccc(C6CC7CCC6C7)cc5)c5ccc(C6(c7ccccc7)c7ccccc7-c7ccccc76)cc5)cc4)c23)cc1. The molecule has 0 N–H and O–H groups in total. The fourth-order valence-corrected chi connectivity index (χ4v) is 11.8. The van der Waals surface area contributed by atoms with Crippen molar-refractivity contribution in [2.24, 2.45) is 11.8 Å². The molecule has 0 radical (unpaired) electrons. The zero-order chi connectivity index (χ0) is 40.3. The van der Waals surface area contributed by atoms with Gasteiger partial charge in [-0.1, -0.05) is 188 Å². The van der Waals surface area contributed by atoms with Crippen LogP contribution in [0.25, 0.3) is 44.2 Å². The molecule has 1 heteroatoms. The summed E-state index contributed by atoms with van der Waals surface area (Å²) in [6, 6.07) is 81.5. The minimum Gasteiger partial charge on any atom is -0.311 e. The van der Waals surface area contributed by atoms with E-state index in [1.807, 2.05) is 0 Å². The molecule has 292 valence electrons. The molecule has 3 aliphatic rings. The number of hydrogen-bond donors (Lipinski definition) is 0. The lowest BCUT2D eigenvalue weighted by Gasteiger charge is -2.34. The van der Waals surface area contributed by atoms with Gasteiger partial charge in [-0.2, -0.15) is 0 Å². The molecule has 0 amide bonds. The van der Waals surface area contributed by atoms with Crippen LogP contribution in [-0.4, -0.2) is 0 Å². The summed E-state index contributed by atoms with van der Waals surface area (Å²) < 4.78 is 0. The number of rotatable bonds is 8. The molecular formula is C60H47N. The monoisotopic (exact) mass is 781 g/mol. The zero-order valence-electron chi connectivity index (χ0n) is 34.3. The highest BCUT2D eigenvalue weighted by molar-refractivity contribution is 6.06. The van der Waals surface area contributed by atoms with Gasteiger partial charge in [0, 0.05) is 17.1 Å². The van der Waals surface area contributed by atoms with Crippen LogP contribution in [0.4, 0.5) is 17.1 Å². The summed E-state index contributed by atoms with van der Waals surface area (Å²) in [7, 11) is 0. The Morgan fingerprint density at radius 3 is 1.44 bits per heavy atom. The minimum atomic E-state index is -0.432. The van der Waals surface area contributed by atoms with E-state index in [4.69, 9.17) is 0 Å². The van der Waals surface area contributed by atoms with Crippen molar-refractivity contribution >= 4 is 27.8 Å². The standard InChI is InChI=1S/C60H47N/c1-3-13-42(14-4-1)52-21-11-15-45-16-12-22-53(59(45)52)43-27-33-49(34-28-43)61(50-35-29-44(30-36-50)56-40-41-25-26-46(56)39-41)51-37-31-48(32-38-51)60(47-17-5-2-6-18-47)57-23-9-7-19-54(57)55-20-8-10-24-58(55)60/h1-24,27-38,41,46,56H,25-26,39-40H2. The summed E-state index contributed by atoms with van der Waals surface area (Å²) >= 11 is 0. The van der Waals surface area contributed by atoms with Crippen LogP contribution in [0.5, 0.6) is 0 Å². The molecule has 3 atom stereocenters. The number of anilines is 3. The first-order valence-electron chi connectivity index (χ1n) is 22.2. The smallest absolute Gasteiger partial charge is 0.0713 e. The highest BCUT2D eigenvalue weighted by Gasteiger charge is 2.46. The summed E-state index contributed by atoms with van der Waals surface area (Å²) in [6.45, 7) is 0. The maximum atomic E-state index is 2.45. The van der Waals surface area contributed by atoms with Gasteiger partial charge in [0.05, 0.1) is 5.41 Å². The van der Waals surface area contributed by atoms with E-state index >= 15 is 0 Å². The van der Waals surface area contributed by atoms with Crippen molar-refractivity contribution in [3.8, 4) is 33.4 Å². The van der Waals surface area contributed by atoms with Crippen molar-refractivity contribution < 1.29 is 0 Å². The third-order valence-corrected chi connectivity index (χ3v) is 14.5. The third kappa shape index (κ3) is 5.82. The van der Waals surface area contributed by atoms with Crippen LogP contribution in [0.1, 0.15) is 59.4 Å². The number of benzene rings is 9. The van der Waals surface area contributed by atoms with Crippen LogP contribution in [0.3, 0.4) is 0 Å². The Bertz CT molecular complexity index is 2970. The van der Waals surface area contributed by atoms with Gasteiger partial charge in [0.1, 0.15) is 0 Å². The molecular weight excluding hydrogens is 735 g/mol. The average molecular weight is 782 g/mol. The minimum absolute atomic E-state index is 0.432. The Kier molecular flexibility index (Phi) is 8.63. The van der Waals surface area contributed by atoms with E-state index < -0.39 is 5.41 Å². The van der Waals surface area contributed by atoms with Gasteiger partial charge in [0.25, 0.3) is 0 Å². The highest BCUT2D eigenvalue weighted by atomic mass is 15.1. The fraction of sp³-hybridized carbons (Fsp3) is 0.133. The van der Waals surface area contributed by atoms with Gasteiger partial charge >= 0.3 is 0 Å². The first kappa shape index (κ1) is 35.9. The lowest BCUT2D eigenvalue weighted by Crippen LogP contribution is -2.28. The van der Waals surface area contributed by atoms with Crippen LogP contribution in [-0.2, 0) is 5.41 Å². The van der Waals surface area contributed by atoms with E-state index in [0.29, 0.717) is 5.92 Å². The summed E-state index contributed by atoms with van der Waals surface area (Å²) in [5.74, 6) is 2.48. The van der Waals surface area contributed by atoms with Crippen LogP contribution in [0.2, 0.25) is 0 Å². The molecule has 9 aromatic rings. The van der Waals surface area contributed by atoms with Crippen molar-refractivity contribution in [3.05, 3.63) is 246 Å². The lowest BCUT2D eigenvalue weighted by molar-refractivity contribution is 0.420. The second-order valence-electron chi connectivity index (χ2n) is 17.6. The Labute approximate surface area is 359 Å². The van der Waals surface area contributed by atoms with E-state index in [9.17, 15) is 0 Å². The molecule has 3 aliphatic carbocycles. The third-order valence-electron chi connectivity index (χ3n) is 14.5. The summed E-state index contributed by atoms with van der Waals surface area (Å²) in [5.41, 5.74) is 17.3. The van der Waals surface area contributed by atoms with Crippen molar-refractivity contribution in [3.63, 3.8) is 0 Å². The first-order valence-corrected chi connectivity index (χ1v) is 22.2. The Morgan fingerprint density at radius 2 is 0.869 bits per heavy atom. The topological polar surface area (TPSA) is 3.24 Å². The molecule has 0 heterocycles. The Hall–Kier alpha value is -6.96. The number of nitrogens with zero attached hydrogens (tertiary/aromatic N) is 1. The largest absolute Gasteiger partial charge is 0.311 e. The summed E-state index contributed by atoms with van der Waals surface area (Å²) in [6.07, 6.45) is 5.59. The van der Waals surface area contributed by atoms with Gasteiger partial charge in [-0.05, 0) is 145 Å². The van der Waals surface area contributed by atoms with Crippen LogP contribution >= 0.6 is 0 Å². The molecule has 0 spiro atoms. The lowest BCUT2D eigenvalue weighted by atomic mass is 9.68. The Balaban J connectivity index is 0.979. The van der Waals surface area contributed by atoms with Gasteiger partial charge < -0.3 is 4.90 Å². The predicted molar refractivity (Wildman–Crippen MR) is 255 cm³/mol. The van der Waals surface area contributed by atoms with Crippen molar-refractivity contribution in [2.45, 2.75) is 37.0 Å². The average Bonchev–Trinajstić information content (AvgIpc) is 4.06. The molecule has 9 aromatic carbocycles. The van der Waals surface area contributed by atoms with Crippen molar-refractivity contribution in [1.29, 1.82) is 0 Å². The quantitative estimate of drug-likeness (QED) is 0.148. The summed E-state index contributed by atoms with van der Waals surface area (Å²) in [4.78, 5) is 2.45. The molecule has 3 unspecified atom stereocenters. The molecule has 2 bridgehead atoms. The fourth-order valence-electron chi connectivity index (χ4n) is 11.8. The van der Waals surface area contributed by atoms with Crippen LogP contribution in [0, 0.1) is 11.8 Å². The number of hydrogen-bond acceptors (Lipinski definition) is 1. The molecule has 2 saturated carbocycles. The summed E-state index contributed by atoms with van der Waals surface area (Å²) in [5, 5.41) is 2.54. The van der Waals surface area contributed by atoms with E-state index in [0.717, 1.165) is 23.2 Å². The molecule has 0 aliphatic heterocycles. The molecule has 1 nitrogen and oxygen atoms in total. The van der Waals surface area contributed by atoms with E-state index in [-0.39, 0.29) is 0 Å². The van der Waals surface area contributed by atoms with E-state index in [1.54, 1.807) is 0 Å². The maximum absolute atomic E-state index is 2.45. The molecule has 2 fully saturated rings. The molecule has 61 heavy (non-hydrogen) atoms. The van der Waals surface area contributed by atoms with E-state index in [2.05, 4.69) is 223 Å². The Morgan fingerprint density at radius 1 is 0.377 bits per heavy atom. The zero-order valence-corrected chi connectivity index (χ0v) is 34.3. The van der Waals surface area contributed by atoms with Crippen molar-refractivity contribution in [1.82, 2.24) is 0 Å². The molecule has 0 saturated heterocycles. The highest BCUT2D eigenvalue weighted by Crippen LogP contribution is 2.57. The van der Waals surface area contributed by atoms with Crippen LogP contribution < -0.4 is 4.90 Å². The predicted octanol–water partition coefficient (Wildman–Crippen LogP) is 15.9. The molecule has 12 rings (SSSR count). The van der Waals surface area contributed by atoms with Gasteiger partial charge in [0.15, 0.2) is 0 Å². The van der Waals surface area contributed by atoms with Crippen LogP contribution in [0.15, 0.2) is 218 Å². The number of fused-ring (bicyclic) bond motifs is 6. The second kappa shape index (κ2) is 14.6. The van der Waals surface area contributed by atoms with E-state index in [1.165, 1.54) is 103 Å². The van der Waals surface area contributed by atoms with Gasteiger partial charge in [-0.15, -0.1) is 0 Å². The van der Waals surface area contributed by atoms with Crippen molar-refractivity contribution in [2.75, 3.05) is 4.90 Å². The second-order valence-corrected chi connectivity index (χ2v) is 17.6. The normalized spacial score (nSPS) is 18.2.